The first-order valence-electron chi connectivity index (χ1n) is 13.4. The summed E-state index contributed by atoms with van der Waals surface area (Å²) in [6.45, 7) is 4.39. The summed E-state index contributed by atoms with van der Waals surface area (Å²) in [5.41, 5.74) is 4.28. The van der Waals surface area contributed by atoms with Crippen molar-refractivity contribution in [3.05, 3.63) is 95.6 Å². The fraction of sp³-hybridized carbons (Fsp3) is 0.258. The molecule has 2 unspecified atom stereocenters. The standard InChI is InChI=1S/C31H31N5O3S/c1-3-20-14-16-22(17-15-20)33-30(39)26(4-2)40-31-34-24-13-9-8-12-23(24)28-35-29(38)25(36(28)31)18-27(37)32-19-21-10-6-5-7-11-21/h5-17,25-26H,3-4,18-19H2,1-2H3,(H,32,37)(H,33,39). The van der Waals surface area contributed by atoms with Gasteiger partial charge in [0.05, 0.1) is 17.4 Å². The zero-order valence-electron chi connectivity index (χ0n) is 22.5. The largest absolute Gasteiger partial charge is 0.352 e. The number of hydrogen-bond acceptors (Lipinski definition) is 6. The van der Waals surface area contributed by atoms with Crippen LogP contribution in [-0.4, -0.2) is 44.9 Å². The van der Waals surface area contributed by atoms with Crippen LogP contribution in [-0.2, 0) is 27.3 Å². The first-order chi connectivity index (χ1) is 19.5. The van der Waals surface area contributed by atoms with Gasteiger partial charge in [0, 0.05) is 17.8 Å². The van der Waals surface area contributed by atoms with Crippen LogP contribution in [0.15, 0.2) is 88.8 Å². The third-order valence-corrected chi connectivity index (χ3v) is 8.19. The van der Waals surface area contributed by atoms with Crippen molar-refractivity contribution in [3.63, 3.8) is 0 Å². The summed E-state index contributed by atoms with van der Waals surface area (Å²) in [7, 11) is 0. The predicted molar refractivity (Wildman–Crippen MR) is 160 cm³/mol. The molecule has 2 aliphatic heterocycles. The van der Waals surface area contributed by atoms with E-state index >= 15 is 0 Å². The number of anilines is 1. The molecule has 0 saturated heterocycles. The summed E-state index contributed by atoms with van der Waals surface area (Å²) in [4.78, 5) is 50.3. The van der Waals surface area contributed by atoms with Gasteiger partial charge in [-0.15, -0.1) is 0 Å². The molecule has 3 aromatic carbocycles. The van der Waals surface area contributed by atoms with Crippen LogP contribution in [0.25, 0.3) is 0 Å². The van der Waals surface area contributed by atoms with Gasteiger partial charge >= 0.3 is 0 Å². The first-order valence-corrected chi connectivity index (χ1v) is 14.3. The number of nitrogens with zero attached hydrogens (tertiary/aromatic N) is 3. The van der Waals surface area contributed by atoms with Crippen molar-refractivity contribution in [1.82, 2.24) is 10.2 Å². The van der Waals surface area contributed by atoms with Crippen molar-refractivity contribution in [3.8, 4) is 0 Å². The van der Waals surface area contributed by atoms with Gasteiger partial charge in [0.15, 0.2) is 5.17 Å². The monoisotopic (exact) mass is 553 g/mol. The van der Waals surface area contributed by atoms with Crippen molar-refractivity contribution in [2.24, 2.45) is 9.98 Å². The van der Waals surface area contributed by atoms with Crippen LogP contribution in [0.2, 0.25) is 0 Å². The summed E-state index contributed by atoms with van der Waals surface area (Å²) < 4.78 is 0. The number of amidine groups is 2. The lowest BCUT2D eigenvalue weighted by molar-refractivity contribution is -0.126. The van der Waals surface area contributed by atoms with Crippen molar-refractivity contribution in [1.29, 1.82) is 0 Å². The SMILES string of the molecule is CCc1ccc(NC(=O)C(CC)SC2=Nc3ccccc3C3=NC(=O)C(CC(=O)NCc4ccccc4)N23)cc1. The molecule has 2 aliphatic rings. The van der Waals surface area contributed by atoms with Gasteiger partial charge in [0.1, 0.15) is 11.9 Å². The molecule has 5 rings (SSSR count). The van der Waals surface area contributed by atoms with E-state index < -0.39 is 17.2 Å². The Morgan fingerprint density at radius 1 is 0.925 bits per heavy atom. The maximum absolute atomic E-state index is 13.3. The number of amides is 3. The number of aryl methyl sites for hydroxylation is 1. The van der Waals surface area contributed by atoms with E-state index in [0.29, 0.717) is 29.7 Å². The van der Waals surface area contributed by atoms with E-state index in [1.807, 2.05) is 85.8 Å². The highest BCUT2D eigenvalue weighted by atomic mass is 32.2. The van der Waals surface area contributed by atoms with Gasteiger partial charge < -0.3 is 10.6 Å². The van der Waals surface area contributed by atoms with Gasteiger partial charge in [0.2, 0.25) is 11.8 Å². The minimum absolute atomic E-state index is 0.0762. The summed E-state index contributed by atoms with van der Waals surface area (Å²) in [6, 6.07) is 24.0. The number of nitrogens with one attached hydrogen (secondary N) is 2. The molecule has 0 aromatic heterocycles. The van der Waals surface area contributed by atoms with Gasteiger partial charge in [-0.25, -0.2) is 4.99 Å². The second-order valence-electron chi connectivity index (χ2n) is 9.59. The zero-order chi connectivity index (χ0) is 28.1. The Labute approximate surface area is 238 Å². The van der Waals surface area contributed by atoms with Crippen LogP contribution < -0.4 is 10.6 Å². The molecule has 0 saturated carbocycles. The van der Waals surface area contributed by atoms with Crippen molar-refractivity contribution < 1.29 is 14.4 Å². The summed E-state index contributed by atoms with van der Waals surface area (Å²) in [5.74, 6) is -0.352. The highest BCUT2D eigenvalue weighted by molar-refractivity contribution is 8.15. The fourth-order valence-electron chi connectivity index (χ4n) is 4.62. The highest BCUT2D eigenvalue weighted by Gasteiger charge is 2.43. The topological polar surface area (TPSA) is 103 Å². The molecule has 3 amide bonds. The Bertz CT molecular complexity index is 1470. The van der Waals surface area contributed by atoms with Crippen molar-refractivity contribution in [2.75, 3.05) is 5.32 Å². The third-order valence-electron chi connectivity index (χ3n) is 6.86. The molecule has 0 bridgehead atoms. The van der Waals surface area contributed by atoms with Crippen LogP contribution in [0.4, 0.5) is 11.4 Å². The van der Waals surface area contributed by atoms with Gasteiger partial charge in [0.25, 0.3) is 5.91 Å². The average molecular weight is 554 g/mol. The number of thioether (sulfide) groups is 1. The molecule has 0 radical (unpaired) electrons. The number of fused-ring (bicyclic) bond motifs is 3. The van der Waals surface area contributed by atoms with Crippen LogP contribution in [0.3, 0.4) is 0 Å². The number of benzene rings is 3. The number of aliphatic imine (C=N–C) groups is 2. The van der Waals surface area contributed by atoms with Gasteiger partial charge in [-0.3, -0.25) is 19.3 Å². The van der Waals surface area contributed by atoms with E-state index in [9.17, 15) is 14.4 Å². The fourth-order valence-corrected chi connectivity index (χ4v) is 5.69. The van der Waals surface area contributed by atoms with Crippen molar-refractivity contribution in [2.45, 2.75) is 50.9 Å². The molecular weight excluding hydrogens is 522 g/mol. The highest BCUT2D eigenvalue weighted by Crippen LogP contribution is 2.36. The zero-order valence-corrected chi connectivity index (χ0v) is 23.3. The maximum Gasteiger partial charge on any atom is 0.271 e. The maximum atomic E-state index is 13.3. The molecule has 40 heavy (non-hydrogen) atoms. The molecule has 0 spiro atoms. The number of hydrogen-bond donors (Lipinski definition) is 2. The summed E-state index contributed by atoms with van der Waals surface area (Å²) in [5, 5.41) is 5.91. The molecule has 2 N–H and O–H groups in total. The average Bonchev–Trinajstić information content (AvgIpc) is 3.31. The second-order valence-corrected chi connectivity index (χ2v) is 10.8. The van der Waals surface area contributed by atoms with E-state index in [2.05, 4.69) is 22.5 Å². The van der Waals surface area contributed by atoms with E-state index in [1.165, 1.54) is 17.3 Å². The van der Waals surface area contributed by atoms with Crippen LogP contribution in [0.5, 0.6) is 0 Å². The lowest BCUT2D eigenvalue weighted by Crippen LogP contribution is -2.46. The molecule has 8 nitrogen and oxygen atoms in total. The predicted octanol–water partition coefficient (Wildman–Crippen LogP) is 5.06. The normalized spacial score (nSPS) is 16.4. The number of carbonyl (C=O) groups excluding carboxylic acids is 3. The number of carbonyl (C=O) groups is 3. The number of rotatable bonds is 9. The first kappa shape index (κ1) is 27.3. The van der Waals surface area contributed by atoms with Gasteiger partial charge in [-0.2, -0.15) is 4.99 Å². The second kappa shape index (κ2) is 12.3. The van der Waals surface area contributed by atoms with Crippen molar-refractivity contribution >= 4 is 51.9 Å². The summed E-state index contributed by atoms with van der Waals surface area (Å²) in [6.07, 6.45) is 1.39. The van der Waals surface area contributed by atoms with Crippen LogP contribution in [0.1, 0.15) is 43.4 Å². The molecule has 2 heterocycles. The van der Waals surface area contributed by atoms with E-state index in [0.717, 1.165) is 23.2 Å². The van der Waals surface area contributed by atoms with E-state index in [-0.39, 0.29) is 18.2 Å². The Balaban J connectivity index is 1.35. The minimum Gasteiger partial charge on any atom is -0.352 e. The smallest absolute Gasteiger partial charge is 0.271 e. The van der Waals surface area contributed by atoms with E-state index in [4.69, 9.17) is 4.99 Å². The van der Waals surface area contributed by atoms with Gasteiger partial charge in [-0.05, 0) is 48.2 Å². The van der Waals surface area contributed by atoms with Crippen LogP contribution >= 0.6 is 11.8 Å². The molecular formula is C31H31N5O3S. The van der Waals surface area contributed by atoms with Gasteiger partial charge in [-0.1, -0.05) is 80.2 Å². The Kier molecular flexibility index (Phi) is 8.40. The summed E-state index contributed by atoms with van der Waals surface area (Å²) >= 11 is 1.28. The van der Waals surface area contributed by atoms with E-state index in [1.54, 1.807) is 4.90 Å². The van der Waals surface area contributed by atoms with Crippen LogP contribution in [0, 0.1) is 0 Å². The minimum atomic E-state index is -0.840. The quantitative estimate of drug-likeness (QED) is 0.385. The Morgan fingerprint density at radius 3 is 2.38 bits per heavy atom. The third kappa shape index (κ3) is 5.99. The Morgan fingerprint density at radius 2 is 1.65 bits per heavy atom. The molecule has 2 atom stereocenters. The molecule has 3 aromatic rings. The lowest BCUT2D eigenvalue weighted by Gasteiger charge is -2.32. The molecule has 204 valence electrons. The lowest BCUT2D eigenvalue weighted by atomic mass is 10.1. The molecule has 9 heteroatoms. The number of para-hydroxylation sites is 1. The molecule has 0 fully saturated rings. The Hall–Kier alpha value is -4.24. The molecule has 0 aliphatic carbocycles.